The van der Waals surface area contributed by atoms with Crippen LogP contribution in [0.25, 0.3) is 10.9 Å². The number of hydrogen-bond acceptors (Lipinski definition) is 3. The lowest BCUT2D eigenvalue weighted by atomic mass is 10.2. The van der Waals surface area contributed by atoms with Crippen molar-refractivity contribution in [1.29, 1.82) is 0 Å². The molecule has 1 aliphatic rings. The van der Waals surface area contributed by atoms with Crippen LogP contribution in [0.2, 0.25) is 0 Å². The van der Waals surface area contributed by atoms with E-state index < -0.39 is 0 Å². The predicted molar refractivity (Wildman–Crippen MR) is 72.5 cm³/mol. The number of H-pyrrole nitrogens is 1. The van der Waals surface area contributed by atoms with Crippen molar-refractivity contribution in [1.82, 2.24) is 9.55 Å². The Morgan fingerprint density at radius 3 is 3.00 bits per heavy atom. The lowest BCUT2D eigenvalue weighted by Gasteiger charge is -2.11. The van der Waals surface area contributed by atoms with Crippen LogP contribution in [0, 0.1) is 6.92 Å². The number of aromatic amines is 1. The van der Waals surface area contributed by atoms with Crippen molar-refractivity contribution < 1.29 is 4.74 Å². The number of nitrogens with one attached hydrogen (secondary N) is 1. The van der Waals surface area contributed by atoms with Crippen LogP contribution in [0.15, 0.2) is 27.8 Å². The highest BCUT2D eigenvalue weighted by atomic mass is 16.5. The van der Waals surface area contributed by atoms with Gasteiger partial charge in [-0.05, 0) is 37.5 Å². The predicted octanol–water partition coefficient (Wildman–Crippen LogP) is 1.18. The molecule has 0 spiro atoms. The van der Waals surface area contributed by atoms with Crippen LogP contribution < -0.4 is 11.2 Å². The maximum atomic E-state index is 12.3. The van der Waals surface area contributed by atoms with Crippen molar-refractivity contribution in [2.24, 2.45) is 0 Å². The van der Waals surface area contributed by atoms with E-state index >= 15 is 0 Å². The van der Waals surface area contributed by atoms with Gasteiger partial charge in [0.15, 0.2) is 0 Å². The molecule has 1 aliphatic heterocycles. The number of ether oxygens (including phenoxy) is 1. The first-order valence-electron chi connectivity index (χ1n) is 6.50. The summed E-state index contributed by atoms with van der Waals surface area (Å²) in [5, 5.41) is 0.545. The third kappa shape index (κ3) is 2.21. The van der Waals surface area contributed by atoms with E-state index in [0.29, 0.717) is 24.1 Å². The average Bonchev–Trinajstić information content (AvgIpc) is 2.87. The maximum absolute atomic E-state index is 12.3. The molecule has 0 radical (unpaired) electrons. The fourth-order valence-corrected chi connectivity index (χ4v) is 2.53. The Kier molecular flexibility index (Phi) is 2.98. The van der Waals surface area contributed by atoms with Gasteiger partial charge in [0.1, 0.15) is 0 Å². The Morgan fingerprint density at radius 1 is 1.42 bits per heavy atom. The summed E-state index contributed by atoms with van der Waals surface area (Å²) in [4.78, 5) is 27.1. The molecule has 1 fully saturated rings. The summed E-state index contributed by atoms with van der Waals surface area (Å²) in [6.45, 7) is 2.97. The Bertz CT molecular complexity index is 724. The van der Waals surface area contributed by atoms with E-state index in [-0.39, 0.29) is 17.4 Å². The standard InChI is InChI=1S/C14H16N2O3/c1-9-4-5-11-12(7-9)15-14(18)16(13(11)17)8-10-3-2-6-19-10/h4-5,7,10H,2-3,6,8H2,1H3,(H,15,18). The molecule has 100 valence electrons. The van der Waals surface area contributed by atoms with Crippen molar-refractivity contribution in [3.63, 3.8) is 0 Å². The molecule has 1 aromatic carbocycles. The Morgan fingerprint density at radius 2 is 2.26 bits per heavy atom. The second kappa shape index (κ2) is 4.66. The van der Waals surface area contributed by atoms with Crippen LogP contribution >= 0.6 is 0 Å². The first kappa shape index (κ1) is 12.2. The second-order valence-corrected chi connectivity index (χ2v) is 5.03. The minimum absolute atomic E-state index is 0.0262. The molecule has 0 saturated carbocycles. The number of benzene rings is 1. The molecule has 1 saturated heterocycles. The smallest absolute Gasteiger partial charge is 0.328 e. The Labute approximate surface area is 109 Å². The molecule has 5 heteroatoms. The van der Waals surface area contributed by atoms with Gasteiger partial charge in [-0.15, -0.1) is 0 Å². The van der Waals surface area contributed by atoms with Gasteiger partial charge in [0.05, 0.1) is 23.6 Å². The number of nitrogens with zero attached hydrogens (tertiary/aromatic N) is 1. The summed E-state index contributed by atoms with van der Waals surface area (Å²) in [5.41, 5.74) is 1.01. The van der Waals surface area contributed by atoms with Crippen LogP contribution in [0.3, 0.4) is 0 Å². The molecular formula is C14H16N2O3. The zero-order chi connectivity index (χ0) is 13.4. The van der Waals surface area contributed by atoms with E-state index in [0.717, 1.165) is 18.4 Å². The van der Waals surface area contributed by atoms with Crippen LogP contribution in [-0.2, 0) is 11.3 Å². The van der Waals surface area contributed by atoms with E-state index in [1.165, 1.54) is 4.57 Å². The molecule has 1 unspecified atom stereocenters. The first-order valence-corrected chi connectivity index (χ1v) is 6.50. The summed E-state index contributed by atoms with van der Waals surface area (Å²) in [6.07, 6.45) is 1.86. The highest BCUT2D eigenvalue weighted by Crippen LogP contribution is 2.13. The number of aryl methyl sites for hydroxylation is 1. The Hall–Kier alpha value is -1.88. The highest BCUT2D eigenvalue weighted by molar-refractivity contribution is 5.77. The third-order valence-electron chi connectivity index (χ3n) is 3.55. The van der Waals surface area contributed by atoms with Crippen molar-refractivity contribution >= 4 is 10.9 Å². The fraction of sp³-hybridized carbons (Fsp3) is 0.429. The molecule has 0 aliphatic carbocycles. The monoisotopic (exact) mass is 260 g/mol. The molecule has 2 aromatic rings. The molecular weight excluding hydrogens is 244 g/mol. The van der Waals surface area contributed by atoms with Crippen LogP contribution in [0.5, 0.6) is 0 Å². The molecule has 3 rings (SSSR count). The summed E-state index contributed by atoms with van der Waals surface area (Å²) in [7, 11) is 0. The van der Waals surface area contributed by atoms with Gasteiger partial charge in [-0.3, -0.25) is 9.36 Å². The number of fused-ring (bicyclic) bond motifs is 1. The highest BCUT2D eigenvalue weighted by Gasteiger charge is 2.18. The summed E-state index contributed by atoms with van der Waals surface area (Å²) >= 11 is 0. The average molecular weight is 260 g/mol. The SMILES string of the molecule is Cc1ccc2c(=O)n(CC3CCCO3)c(=O)[nH]c2c1. The number of rotatable bonds is 2. The molecule has 1 atom stereocenters. The largest absolute Gasteiger partial charge is 0.376 e. The van der Waals surface area contributed by atoms with Crippen LogP contribution in [0.1, 0.15) is 18.4 Å². The quantitative estimate of drug-likeness (QED) is 0.881. The number of hydrogen-bond donors (Lipinski definition) is 1. The van der Waals surface area contributed by atoms with Gasteiger partial charge in [0, 0.05) is 6.61 Å². The topological polar surface area (TPSA) is 64.1 Å². The zero-order valence-corrected chi connectivity index (χ0v) is 10.8. The molecule has 19 heavy (non-hydrogen) atoms. The van der Waals surface area contributed by atoms with Gasteiger partial charge < -0.3 is 9.72 Å². The van der Waals surface area contributed by atoms with Gasteiger partial charge in [-0.25, -0.2) is 4.79 Å². The first-order chi connectivity index (χ1) is 9.15. The molecule has 0 amide bonds. The lowest BCUT2D eigenvalue weighted by molar-refractivity contribution is 0.0952. The van der Waals surface area contributed by atoms with Crippen molar-refractivity contribution in [2.45, 2.75) is 32.4 Å². The minimum atomic E-state index is -0.362. The second-order valence-electron chi connectivity index (χ2n) is 5.03. The normalized spacial score (nSPS) is 19.1. The maximum Gasteiger partial charge on any atom is 0.328 e. The lowest BCUT2D eigenvalue weighted by Crippen LogP contribution is -2.38. The summed E-state index contributed by atoms with van der Waals surface area (Å²) in [5.74, 6) is 0. The Balaban J connectivity index is 2.11. The van der Waals surface area contributed by atoms with Gasteiger partial charge in [0.2, 0.25) is 0 Å². The minimum Gasteiger partial charge on any atom is -0.376 e. The molecule has 5 nitrogen and oxygen atoms in total. The van der Waals surface area contributed by atoms with Gasteiger partial charge in [-0.1, -0.05) is 6.07 Å². The van der Waals surface area contributed by atoms with E-state index in [1.54, 1.807) is 6.07 Å². The van der Waals surface area contributed by atoms with Gasteiger partial charge in [0.25, 0.3) is 5.56 Å². The van der Waals surface area contributed by atoms with E-state index in [1.807, 2.05) is 19.1 Å². The van der Waals surface area contributed by atoms with Crippen molar-refractivity contribution in [3.8, 4) is 0 Å². The van der Waals surface area contributed by atoms with Gasteiger partial charge >= 0.3 is 5.69 Å². The third-order valence-corrected chi connectivity index (χ3v) is 3.55. The summed E-state index contributed by atoms with van der Waals surface area (Å²) in [6, 6.07) is 5.45. The van der Waals surface area contributed by atoms with E-state index in [4.69, 9.17) is 4.74 Å². The van der Waals surface area contributed by atoms with Gasteiger partial charge in [-0.2, -0.15) is 0 Å². The molecule has 1 aromatic heterocycles. The van der Waals surface area contributed by atoms with Crippen LogP contribution in [-0.4, -0.2) is 22.3 Å². The molecule has 1 N–H and O–H groups in total. The fourth-order valence-electron chi connectivity index (χ4n) is 2.53. The van der Waals surface area contributed by atoms with E-state index in [2.05, 4.69) is 4.98 Å². The van der Waals surface area contributed by atoms with Crippen LogP contribution in [0.4, 0.5) is 0 Å². The van der Waals surface area contributed by atoms with E-state index in [9.17, 15) is 9.59 Å². The molecule has 2 heterocycles. The zero-order valence-electron chi connectivity index (χ0n) is 10.8. The number of aromatic nitrogens is 2. The molecule has 0 bridgehead atoms. The van der Waals surface area contributed by atoms with Crippen molar-refractivity contribution in [3.05, 3.63) is 44.6 Å². The summed E-state index contributed by atoms with van der Waals surface area (Å²) < 4.78 is 6.73. The van der Waals surface area contributed by atoms with Crippen molar-refractivity contribution in [2.75, 3.05) is 6.61 Å².